The number of pyridine rings is 1. The van der Waals surface area contributed by atoms with Crippen LogP contribution in [0.4, 0.5) is 32.2 Å². The lowest BCUT2D eigenvalue weighted by atomic mass is 10.0. The van der Waals surface area contributed by atoms with E-state index in [2.05, 4.69) is 17.1 Å². The topological polar surface area (TPSA) is 28.2 Å². The van der Waals surface area contributed by atoms with Crippen molar-refractivity contribution in [2.24, 2.45) is 5.92 Å². The van der Waals surface area contributed by atoms with Gasteiger partial charge in [0.2, 0.25) is 0 Å². The van der Waals surface area contributed by atoms with Crippen LogP contribution in [0.5, 0.6) is 0 Å². The fourth-order valence-electron chi connectivity index (χ4n) is 4.89. The van der Waals surface area contributed by atoms with Gasteiger partial charge >= 0.3 is 12.4 Å². The summed E-state index contributed by atoms with van der Waals surface area (Å²) in [5, 5.41) is 3.98. The number of aromatic nitrogens is 1. The Bertz CT molecular complexity index is 1150. The highest BCUT2D eigenvalue weighted by Gasteiger charge is 2.36. The minimum absolute atomic E-state index is 0.0780. The molecule has 0 saturated heterocycles. The normalized spacial score (nSPS) is 15.1. The number of rotatable bonds is 8. The Morgan fingerprint density at radius 2 is 1.53 bits per heavy atom. The molecule has 194 valence electrons. The summed E-state index contributed by atoms with van der Waals surface area (Å²) in [5.74, 6) is 1.39. The van der Waals surface area contributed by atoms with E-state index < -0.39 is 23.5 Å². The average molecular weight is 510 g/mol. The lowest BCUT2D eigenvalue weighted by molar-refractivity contribution is -0.143. The first-order valence-electron chi connectivity index (χ1n) is 12.2. The van der Waals surface area contributed by atoms with E-state index in [4.69, 9.17) is 4.98 Å². The molecule has 9 heteroatoms. The van der Waals surface area contributed by atoms with E-state index >= 15 is 0 Å². The van der Waals surface area contributed by atoms with Gasteiger partial charge in [-0.1, -0.05) is 31.0 Å². The van der Waals surface area contributed by atoms with Gasteiger partial charge in [0.15, 0.2) is 0 Å². The Morgan fingerprint density at radius 3 is 2.14 bits per heavy atom. The van der Waals surface area contributed by atoms with Crippen molar-refractivity contribution in [3.8, 4) is 0 Å². The molecule has 0 aliphatic heterocycles. The Balaban J connectivity index is 1.59. The van der Waals surface area contributed by atoms with Gasteiger partial charge in [-0.15, -0.1) is 0 Å². The zero-order chi connectivity index (χ0) is 25.9. The van der Waals surface area contributed by atoms with Crippen LogP contribution in [-0.4, -0.2) is 18.1 Å². The van der Waals surface area contributed by atoms with Gasteiger partial charge in [-0.3, -0.25) is 0 Å². The minimum Gasteiger partial charge on any atom is -0.356 e. The Morgan fingerprint density at radius 1 is 0.889 bits per heavy atom. The highest BCUT2D eigenvalue weighted by Crippen LogP contribution is 2.36. The number of anilines is 1. The first kappa shape index (κ1) is 26.3. The largest absolute Gasteiger partial charge is 0.416 e. The molecule has 0 amide bonds. The van der Waals surface area contributed by atoms with Crippen molar-refractivity contribution in [1.29, 1.82) is 0 Å². The molecule has 1 N–H and O–H groups in total. The zero-order valence-corrected chi connectivity index (χ0v) is 20.0. The van der Waals surface area contributed by atoms with Crippen LogP contribution in [0.3, 0.4) is 0 Å². The van der Waals surface area contributed by atoms with Crippen molar-refractivity contribution >= 4 is 16.7 Å². The third kappa shape index (κ3) is 6.30. The zero-order valence-electron chi connectivity index (χ0n) is 20.0. The fourth-order valence-corrected chi connectivity index (χ4v) is 4.89. The number of hydrogen-bond acceptors (Lipinski definition) is 3. The molecule has 3 aromatic rings. The molecule has 1 fully saturated rings. The van der Waals surface area contributed by atoms with Gasteiger partial charge in [-0.25, -0.2) is 4.98 Å². The van der Waals surface area contributed by atoms with Crippen LogP contribution in [0, 0.1) is 5.92 Å². The lowest BCUT2D eigenvalue weighted by Crippen LogP contribution is -2.31. The van der Waals surface area contributed by atoms with Crippen LogP contribution in [-0.2, 0) is 25.4 Å². The Kier molecular flexibility index (Phi) is 7.78. The van der Waals surface area contributed by atoms with Gasteiger partial charge in [-0.2, -0.15) is 26.3 Å². The number of nitrogens with one attached hydrogen (secondary N) is 1. The van der Waals surface area contributed by atoms with Gasteiger partial charge in [0.05, 0.1) is 16.6 Å². The van der Waals surface area contributed by atoms with E-state index in [1.165, 1.54) is 25.7 Å². The second-order valence-electron chi connectivity index (χ2n) is 9.37. The van der Waals surface area contributed by atoms with Crippen molar-refractivity contribution in [3.63, 3.8) is 0 Å². The third-order valence-electron chi connectivity index (χ3n) is 6.71. The Hall–Kier alpha value is -2.81. The molecule has 1 saturated carbocycles. The summed E-state index contributed by atoms with van der Waals surface area (Å²) in [6, 6.07) is 11.4. The van der Waals surface area contributed by atoms with Crippen LogP contribution in [0.25, 0.3) is 10.9 Å². The summed E-state index contributed by atoms with van der Waals surface area (Å²) in [7, 11) is 0. The summed E-state index contributed by atoms with van der Waals surface area (Å²) in [4.78, 5) is 7.12. The molecular formula is C27H29F6N3. The maximum atomic E-state index is 13.2. The molecule has 1 aromatic heterocycles. The average Bonchev–Trinajstić information content (AvgIpc) is 3.34. The van der Waals surface area contributed by atoms with Crippen molar-refractivity contribution < 1.29 is 26.3 Å². The van der Waals surface area contributed by atoms with Crippen LogP contribution in [0.2, 0.25) is 0 Å². The molecule has 3 nitrogen and oxygen atoms in total. The quantitative estimate of drug-likeness (QED) is 0.317. The number of hydrogen-bond donors (Lipinski definition) is 1. The molecule has 0 radical (unpaired) electrons. The highest BCUT2D eigenvalue weighted by molar-refractivity contribution is 5.81. The maximum absolute atomic E-state index is 13.2. The fraction of sp³-hybridized carbons (Fsp3) is 0.444. The highest BCUT2D eigenvalue weighted by atomic mass is 19.4. The molecule has 0 unspecified atom stereocenters. The number of halogens is 6. The van der Waals surface area contributed by atoms with E-state index in [0.29, 0.717) is 5.92 Å². The molecule has 36 heavy (non-hydrogen) atoms. The summed E-state index contributed by atoms with van der Waals surface area (Å²) < 4.78 is 79.3. The van der Waals surface area contributed by atoms with Crippen molar-refractivity contribution in [3.05, 3.63) is 70.8 Å². The molecule has 0 bridgehead atoms. The standard InChI is InChI=1S/C27H29F6N3/c1-2-36(17-18-7-3-4-8-18)25-21(13-20-9-5-6-10-24(20)35-25)16-34-15-19-11-22(26(28,29)30)14-23(12-19)27(31,32)33/h5-6,9-14,18,34H,2-4,7-8,15-17H2,1H3. The van der Waals surface area contributed by atoms with Crippen LogP contribution in [0.15, 0.2) is 48.5 Å². The first-order valence-corrected chi connectivity index (χ1v) is 12.2. The van der Waals surface area contributed by atoms with Gasteiger partial charge in [0, 0.05) is 37.1 Å². The molecule has 1 aliphatic rings. The first-order chi connectivity index (χ1) is 17.0. The van der Waals surface area contributed by atoms with Gasteiger partial charge < -0.3 is 10.2 Å². The molecule has 4 rings (SSSR count). The van der Waals surface area contributed by atoms with E-state index in [9.17, 15) is 26.3 Å². The van der Waals surface area contributed by atoms with E-state index in [-0.39, 0.29) is 24.7 Å². The number of nitrogens with zero attached hydrogens (tertiary/aromatic N) is 2. The molecule has 0 spiro atoms. The predicted octanol–water partition coefficient (Wildman–Crippen LogP) is 7.58. The minimum atomic E-state index is -4.87. The molecule has 0 atom stereocenters. The number of fused-ring (bicyclic) bond motifs is 1. The van der Waals surface area contributed by atoms with Gasteiger partial charge in [0.1, 0.15) is 5.82 Å². The SMILES string of the molecule is CCN(CC1CCCC1)c1nc2ccccc2cc1CNCc1cc(C(F)(F)F)cc(C(F)(F)F)c1. The third-order valence-corrected chi connectivity index (χ3v) is 6.71. The predicted molar refractivity (Wildman–Crippen MR) is 129 cm³/mol. The lowest BCUT2D eigenvalue weighted by Gasteiger charge is -2.28. The Labute approximate surface area is 206 Å². The van der Waals surface area contributed by atoms with Crippen molar-refractivity contribution in [2.75, 3.05) is 18.0 Å². The molecule has 1 heterocycles. The van der Waals surface area contributed by atoms with Crippen molar-refractivity contribution in [1.82, 2.24) is 10.3 Å². The van der Waals surface area contributed by atoms with E-state index in [0.717, 1.165) is 47.5 Å². The number of alkyl halides is 6. The van der Waals surface area contributed by atoms with Gasteiger partial charge in [-0.05, 0) is 61.6 Å². The van der Waals surface area contributed by atoms with E-state index in [1.807, 2.05) is 30.3 Å². The number of para-hydroxylation sites is 1. The van der Waals surface area contributed by atoms with Crippen molar-refractivity contribution in [2.45, 2.75) is 58.0 Å². The van der Waals surface area contributed by atoms with Crippen LogP contribution >= 0.6 is 0 Å². The maximum Gasteiger partial charge on any atom is 0.416 e. The summed E-state index contributed by atoms with van der Waals surface area (Å²) in [6.07, 6.45) is -4.94. The number of benzene rings is 2. The van der Waals surface area contributed by atoms with Gasteiger partial charge in [0.25, 0.3) is 0 Å². The molecular weight excluding hydrogens is 480 g/mol. The summed E-state index contributed by atoms with van der Waals surface area (Å²) in [6.45, 7) is 3.79. The summed E-state index contributed by atoms with van der Waals surface area (Å²) >= 11 is 0. The second-order valence-corrected chi connectivity index (χ2v) is 9.37. The monoisotopic (exact) mass is 509 g/mol. The van der Waals surface area contributed by atoms with E-state index in [1.54, 1.807) is 0 Å². The smallest absolute Gasteiger partial charge is 0.356 e. The summed E-state index contributed by atoms with van der Waals surface area (Å²) in [5.41, 5.74) is -0.997. The second kappa shape index (κ2) is 10.7. The molecule has 1 aliphatic carbocycles. The molecule has 2 aromatic carbocycles. The van der Waals surface area contributed by atoms with Crippen LogP contribution < -0.4 is 10.2 Å². The van der Waals surface area contributed by atoms with Crippen LogP contribution in [0.1, 0.15) is 54.9 Å².